The maximum absolute atomic E-state index is 11.6. The third kappa shape index (κ3) is 1.86. The van der Waals surface area contributed by atoms with Gasteiger partial charge in [-0.15, -0.1) is 0 Å². The fourth-order valence-electron chi connectivity index (χ4n) is 2.08. The summed E-state index contributed by atoms with van der Waals surface area (Å²) in [5, 5.41) is 9.89. The lowest BCUT2D eigenvalue weighted by molar-refractivity contribution is -0.136. The Morgan fingerprint density at radius 1 is 1.38 bits per heavy atom. The number of aliphatic hydroxyl groups is 1. The van der Waals surface area contributed by atoms with Gasteiger partial charge in [0, 0.05) is 5.57 Å². The summed E-state index contributed by atoms with van der Waals surface area (Å²) in [5.41, 5.74) is 2.21. The molecule has 3 heteroatoms. The zero-order valence-corrected chi connectivity index (χ0v) is 9.14. The number of hydrogen-bond acceptors (Lipinski definition) is 3. The predicted octanol–water partition coefficient (Wildman–Crippen LogP) is 1.77. The summed E-state index contributed by atoms with van der Waals surface area (Å²) in [4.78, 5) is 11.6. The number of carbonyl (C=O) groups excluding carboxylic acids is 1. The van der Waals surface area contributed by atoms with Gasteiger partial charge in [-0.1, -0.05) is 30.3 Å². The first-order chi connectivity index (χ1) is 7.74. The van der Waals surface area contributed by atoms with Crippen molar-refractivity contribution in [2.75, 3.05) is 7.11 Å². The van der Waals surface area contributed by atoms with Crippen molar-refractivity contribution in [3.8, 4) is 0 Å². The summed E-state index contributed by atoms with van der Waals surface area (Å²) in [6, 6.07) is 9.48. The molecule has 1 aromatic carbocycles. The molecule has 0 saturated carbocycles. The molecule has 0 saturated heterocycles. The number of ether oxygens (including phenoxy) is 1. The quantitative estimate of drug-likeness (QED) is 0.769. The molecule has 3 nitrogen and oxygen atoms in total. The normalized spacial score (nSPS) is 20.0. The van der Waals surface area contributed by atoms with Crippen molar-refractivity contribution in [3.63, 3.8) is 0 Å². The van der Waals surface area contributed by atoms with Gasteiger partial charge >= 0.3 is 5.97 Å². The van der Waals surface area contributed by atoms with Crippen molar-refractivity contribution < 1.29 is 14.6 Å². The number of aliphatic hydroxyl groups excluding tert-OH is 1. The van der Waals surface area contributed by atoms with E-state index in [1.54, 1.807) is 0 Å². The van der Waals surface area contributed by atoms with E-state index in [4.69, 9.17) is 4.74 Å². The molecule has 0 heterocycles. The minimum Gasteiger partial charge on any atom is -0.466 e. The largest absolute Gasteiger partial charge is 0.466 e. The Labute approximate surface area is 94.4 Å². The number of benzene rings is 1. The number of carbonyl (C=O) groups is 1. The average molecular weight is 218 g/mol. The molecule has 84 valence electrons. The molecule has 1 aromatic rings. The van der Waals surface area contributed by atoms with E-state index < -0.39 is 6.10 Å². The van der Waals surface area contributed by atoms with Gasteiger partial charge in [0.15, 0.2) is 0 Å². The lowest BCUT2D eigenvalue weighted by Gasteiger charge is -2.09. The van der Waals surface area contributed by atoms with E-state index in [9.17, 15) is 9.90 Å². The summed E-state index contributed by atoms with van der Waals surface area (Å²) in [5.74, 6) is -0.338. The van der Waals surface area contributed by atoms with E-state index >= 15 is 0 Å². The molecule has 16 heavy (non-hydrogen) atoms. The zero-order chi connectivity index (χ0) is 11.5. The summed E-state index contributed by atoms with van der Waals surface area (Å²) < 4.78 is 4.73. The fourth-order valence-corrected chi connectivity index (χ4v) is 2.08. The van der Waals surface area contributed by atoms with Crippen LogP contribution in [0.1, 0.15) is 18.4 Å². The predicted molar refractivity (Wildman–Crippen MR) is 60.6 cm³/mol. The van der Waals surface area contributed by atoms with Crippen molar-refractivity contribution in [2.45, 2.75) is 18.9 Å². The van der Waals surface area contributed by atoms with Gasteiger partial charge in [0.25, 0.3) is 0 Å². The molecule has 1 aliphatic rings. The highest BCUT2D eigenvalue weighted by Gasteiger charge is 2.29. The smallest absolute Gasteiger partial charge is 0.334 e. The second-order valence-electron chi connectivity index (χ2n) is 3.80. The highest BCUT2D eigenvalue weighted by atomic mass is 16.5. The second kappa shape index (κ2) is 4.49. The van der Waals surface area contributed by atoms with Gasteiger partial charge in [-0.2, -0.15) is 0 Å². The lowest BCUT2D eigenvalue weighted by atomic mass is 10.0. The van der Waals surface area contributed by atoms with Crippen LogP contribution in [0.5, 0.6) is 0 Å². The molecule has 0 radical (unpaired) electrons. The highest BCUT2D eigenvalue weighted by molar-refractivity contribution is 5.99. The van der Waals surface area contributed by atoms with Gasteiger partial charge in [0.05, 0.1) is 13.2 Å². The van der Waals surface area contributed by atoms with Crippen LogP contribution in [-0.4, -0.2) is 24.3 Å². The Balaban J connectivity index is 2.45. The third-order valence-corrected chi connectivity index (χ3v) is 2.84. The fraction of sp³-hybridized carbons (Fsp3) is 0.308. The molecular weight excluding hydrogens is 204 g/mol. The third-order valence-electron chi connectivity index (χ3n) is 2.84. The van der Waals surface area contributed by atoms with Gasteiger partial charge in [-0.25, -0.2) is 4.79 Å². The van der Waals surface area contributed by atoms with Gasteiger partial charge < -0.3 is 9.84 Å². The number of methoxy groups -OCH3 is 1. The molecule has 0 aliphatic heterocycles. The molecule has 1 aliphatic carbocycles. The van der Waals surface area contributed by atoms with E-state index in [0.717, 1.165) is 5.56 Å². The Morgan fingerprint density at radius 3 is 2.69 bits per heavy atom. The minimum absolute atomic E-state index is 0.338. The first-order valence-electron chi connectivity index (χ1n) is 5.29. The first-order valence-corrected chi connectivity index (χ1v) is 5.29. The Kier molecular flexibility index (Phi) is 3.06. The highest BCUT2D eigenvalue weighted by Crippen LogP contribution is 2.34. The molecule has 0 spiro atoms. The molecule has 0 unspecified atom stereocenters. The van der Waals surface area contributed by atoms with Crippen molar-refractivity contribution in [1.29, 1.82) is 0 Å². The summed E-state index contributed by atoms with van der Waals surface area (Å²) in [6.45, 7) is 0. The monoisotopic (exact) mass is 218 g/mol. The van der Waals surface area contributed by atoms with Gasteiger partial charge in [0.1, 0.15) is 0 Å². The van der Waals surface area contributed by atoms with Gasteiger partial charge in [-0.3, -0.25) is 0 Å². The Bertz CT molecular complexity index is 420. The summed E-state index contributed by atoms with van der Waals surface area (Å²) in [7, 11) is 1.36. The Hall–Kier alpha value is -1.61. The molecule has 0 aromatic heterocycles. The van der Waals surface area contributed by atoms with Crippen LogP contribution in [0.4, 0.5) is 0 Å². The van der Waals surface area contributed by atoms with Gasteiger partial charge in [-0.05, 0) is 24.0 Å². The SMILES string of the molecule is COC(=O)C1=C(c2ccccc2)[C@@H](O)CC1. The van der Waals surface area contributed by atoms with E-state index in [-0.39, 0.29) is 5.97 Å². The lowest BCUT2D eigenvalue weighted by Crippen LogP contribution is -2.07. The van der Waals surface area contributed by atoms with Crippen LogP contribution < -0.4 is 0 Å². The number of esters is 1. The van der Waals surface area contributed by atoms with E-state index in [1.807, 2.05) is 30.3 Å². The van der Waals surface area contributed by atoms with E-state index in [1.165, 1.54) is 7.11 Å². The Morgan fingerprint density at radius 2 is 2.06 bits per heavy atom. The average Bonchev–Trinajstić information content (AvgIpc) is 2.71. The molecule has 2 rings (SSSR count). The van der Waals surface area contributed by atoms with Crippen LogP contribution in [0.15, 0.2) is 35.9 Å². The van der Waals surface area contributed by atoms with Crippen molar-refractivity contribution in [1.82, 2.24) is 0 Å². The van der Waals surface area contributed by atoms with Gasteiger partial charge in [0.2, 0.25) is 0 Å². The summed E-state index contributed by atoms with van der Waals surface area (Å²) >= 11 is 0. The summed E-state index contributed by atoms with van der Waals surface area (Å²) in [6.07, 6.45) is 0.615. The van der Waals surface area contributed by atoms with Crippen molar-refractivity contribution >= 4 is 11.5 Å². The van der Waals surface area contributed by atoms with Crippen LogP contribution >= 0.6 is 0 Å². The molecule has 0 fully saturated rings. The zero-order valence-electron chi connectivity index (χ0n) is 9.14. The first kappa shape index (κ1) is 10.9. The topological polar surface area (TPSA) is 46.5 Å². The molecule has 1 N–H and O–H groups in total. The maximum Gasteiger partial charge on any atom is 0.334 e. The minimum atomic E-state index is -0.559. The van der Waals surface area contributed by atoms with Crippen LogP contribution in [-0.2, 0) is 9.53 Å². The second-order valence-corrected chi connectivity index (χ2v) is 3.80. The molecule has 1 atom stereocenters. The molecule has 0 amide bonds. The molecular formula is C13H14O3. The van der Waals surface area contributed by atoms with Crippen LogP contribution in [0.2, 0.25) is 0 Å². The molecule has 0 bridgehead atoms. The van der Waals surface area contributed by atoms with Crippen molar-refractivity contribution in [3.05, 3.63) is 41.5 Å². The van der Waals surface area contributed by atoms with Crippen LogP contribution in [0, 0.1) is 0 Å². The van der Waals surface area contributed by atoms with Crippen molar-refractivity contribution in [2.24, 2.45) is 0 Å². The van der Waals surface area contributed by atoms with E-state index in [0.29, 0.717) is 24.0 Å². The van der Waals surface area contributed by atoms with Crippen LogP contribution in [0.25, 0.3) is 5.57 Å². The maximum atomic E-state index is 11.6. The standard InChI is InChI=1S/C13H14O3/c1-16-13(15)10-7-8-11(14)12(10)9-5-3-2-4-6-9/h2-6,11,14H,7-8H2,1H3/t11-/m0/s1. The number of hydrogen-bond donors (Lipinski definition) is 1. The van der Waals surface area contributed by atoms with E-state index in [2.05, 4.69) is 0 Å². The number of rotatable bonds is 2. The van der Waals surface area contributed by atoms with Crippen LogP contribution in [0.3, 0.4) is 0 Å².